The number of carbonyl (C=O) groups is 2. The van der Waals surface area contributed by atoms with Crippen LogP contribution in [0.25, 0.3) is 11.0 Å². The van der Waals surface area contributed by atoms with Crippen LogP contribution in [0, 0.1) is 0 Å². The molecule has 32 heavy (non-hydrogen) atoms. The number of rotatable bonds is 5. The molecule has 3 aromatic carbocycles. The molecule has 0 saturated heterocycles. The van der Waals surface area contributed by atoms with Gasteiger partial charge in [0.1, 0.15) is 17.0 Å². The van der Waals surface area contributed by atoms with E-state index in [0.717, 1.165) is 0 Å². The van der Waals surface area contributed by atoms with Crippen molar-refractivity contribution in [2.45, 2.75) is 0 Å². The minimum Gasteiger partial charge on any atom is -0.497 e. The number of carbonyl (C=O) groups excluding carboxylic acids is 2. The second kappa shape index (κ2) is 7.99. The number of nitrogens with one attached hydrogen (secondary N) is 2. The van der Waals surface area contributed by atoms with E-state index in [0.29, 0.717) is 45.2 Å². The third kappa shape index (κ3) is 3.58. The van der Waals surface area contributed by atoms with Crippen LogP contribution in [0.4, 0.5) is 11.4 Å². The van der Waals surface area contributed by atoms with Crippen molar-refractivity contribution >= 4 is 34.2 Å². The highest BCUT2D eigenvalue weighted by molar-refractivity contribution is 6.16. The number of furan rings is 1. The van der Waals surface area contributed by atoms with Crippen LogP contribution in [0.5, 0.6) is 17.2 Å². The van der Waals surface area contributed by atoms with Gasteiger partial charge in [-0.15, -0.1) is 0 Å². The maximum Gasteiger partial charge on any atom is 0.293 e. The van der Waals surface area contributed by atoms with E-state index in [9.17, 15) is 9.59 Å². The summed E-state index contributed by atoms with van der Waals surface area (Å²) in [6, 6.07) is 18.8. The highest BCUT2D eigenvalue weighted by atomic mass is 16.7. The van der Waals surface area contributed by atoms with Gasteiger partial charge in [-0.1, -0.05) is 12.1 Å². The standard InChI is InChI=1S/C24H18N2O6/c1-29-16-9-6-14(7-10-16)23(27)26-21-17-4-2-3-5-18(17)32-22(21)24(28)25-15-8-11-19-20(12-15)31-13-30-19/h2-12H,13H2,1H3,(H,25,28)(H,26,27). The molecule has 0 unspecified atom stereocenters. The molecule has 2 N–H and O–H groups in total. The first kappa shape index (κ1) is 19.5. The fourth-order valence-corrected chi connectivity index (χ4v) is 3.42. The van der Waals surface area contributed by atoms with Gasteiger partial charge >= 0.3 is 0 Å². The number of anilines is 2. The second-order valence-electron chi connectivity index (χ2n) is 7.01. The largest absolute Gasteiger partial charge is 0.497 e. The smallest absolute Gasteiger partial charge is 0.293 e. The van der Waals surface area contributed by atoms with Crippen molar-refractivity contribution in [2.75, 3.05) is 24.5 Å². The quantitative estimate of drug-likeness (QED) is 0.477. The van der Waals surface area contributed by atoms with Crippen molar-refractivity contribution in [3.05, 3.63) is 78.1 Å². The van der Waals surface area contributed by atoms with Gasteiger partial charge in [-0.25, -0.2) is 0 Å². The number of ether oxygens (including phenoxy) is 3. The molecule has 1 aliphatic rings. The fraction of sp³-hybridized carbons (Fsp3) is 0.0833. The molecule has 160 valence electrons. The van der Waals surface area contributed by atoms with Crippen molar-refractivity contribution in [3.63, 3.8) is 0 Å². The Hall–Kier alpha value is -4.46. The summed E-state index contributed by atoms with van der Waals surface area (Å²) in [6.45, 7) is 0.137. The van der Waals surface area contributed by atoms with Crippen LogP contribution in [-0.4, -0.2) is 25.7 Å². The van der Waals surface area contributed by atoms with Crippen molar-refractivity contribution < 1.29 is 28.2 Å². The molecule has 1 aromatic heterocycles. The molecule has 0 radical (unpaired) electrons. The van der Waals surface area contributed by atoms with Crippen LogP contribution in [0.2, 0.25) is 0 Å². The zero-order valence-electron chi connectivity index (χ0n) is 17.0. The lowest BCUT2D eigenvalue weighted by Gasteiger charge is -2.08. The predicted octanol–water partition coefficient (Wildman–Crippen LogP) is 4.67. The number of para-hydroxylation sites is 1. The van der Waals surface area contributed by atoms with Crippen molar-refractivity contribution in [1.29, 1.82) is 0 Å². The Balaban J connectivity index is 1.45. The van der Waals surface area contributed by atoms with Gasteiger partial charge in [0.2, 0.25) is 12.6 Å². The monoisotopic (exact) mass is 430 g/mol. The Kier molecular flexibility index (Phi) is 4.87. The topological polar surface area (TPSA) is 99.0 Å². The van der Waals surface area contributed by atoms with Crippen LogP contribution < -0.4 is 24.8 Å². The molecule has 8 nitrogen and oxygen atoms in total. The fourth-order valence-electron chi connectivity index (χ4n) is 3.42. The van der Waals surface area contributed by atoms with Crippen LogP contribution >= 0.6 is 0 Å². The van der Waals surface area contributed by atoms with Gasteiger partial charge in [-0.3, -0.25) is 9.59 Å². The summed E-state index contributed by atoms with van der Waals surface area (Å²) < 4.78 is 21.6. The van der Waals surface area contributed by atoms with Gasteiger partial charge in [0.15, 0.2) is 11.5 Å². The highest BCUT2D eigenvalue weighted by Crippen LogP contribution is 2.35. The van der Waals surface area contributed by atoms with Gasteiger partial charge in [-0.05, 0) is 48.5 Å². The number of hydrogen-bond acceptors (Lipinski definition) is 6. The molecule has 2 amide bonds. The van der Waals surface area contributed by atoms with E-state index in [1.807, 2.05) is 0 Å². The molecule has 5 rings (SSSR count). The van der Waals surface area contributed by atoms with Gasteiger partial charge in [0, 0.05) is 22.7 Å². The van der Waals surface area contributed by atoms with Crippen molar-refractivity contribution in [3.8, 4) is 17.2 Å². The Morgan fingerprint density at radius 2 is 1.66 bits per heavy atom. The van der Waals surface area contributed by atoms with E-state index in [1.165, 1.54) is 0 Å². The average molecular weight is 430 g/mol. The molecule has 0 aliphatic carbocycles. The van der Waals surface area contributed by atoms with E-state index in [2.05, 4.69) is 10.6 Å². The summed E-state index contributed by atoms with van der Waals surface area (Å²) in [5, 5.41) is 6.21. The normalized spacial score (nSPS) is 11.9. The molecule has 4 aromatic rings. The zero-order chi connectivity index (χ0) is 22.1. The SMILES string of the molecule is COc1ccc(C(=O)Nc2c(C(=O)Nc3ccc4c(c3)OCO4)oc3ccccc23)cc1. The van der Waals surface area contributed by atoms with Crippen LogP contribution in [0.3, 0.4) is 0 Å². The van der Waals surface area contributed by atoms with E-state index in [4.69, 9.17) is 18.6 Å². The molecule has 1 aliphatic heterocycles. The zero-order valence-corrected chi connectivity index (χ0v) is 17.0. The first-order valence-corrected chi connectivity index (χ1v) is 9.80. The number of hydrogen-bond donors (Lipinski definition) is 2. The maximum atomic E-state index is 13.1. The lowest BCUT2D eigenvalue weighted by molar-refractivity contribution is 0.0999. The molecule has 2 heterocycles. The average Bonchev–Trinajstić information content (AvgIpc) is 3.43. The summed E-state index contributed by atoms with van der Waals surface area (Å²) in [5.41, 5.74) is 1.69. The lowest BCUT2D eigenvalue weighted by atomic mass is 10.1. The van der Waals surface area contributed by atoms with E-state index >= 15 is 0 Å². The van der Waals surface area contributed by atoms with E-state index < -0.39 is 5.91 Å². The maximum absolute atomic E-state index is 13.1. The molecular weight excluding hydrogens is 412 g/mol. The number of benzene rings is 3. The minimum absolute atomic E-state index is 0.00858. The Morgan fingerprint density at radius 3 is 2.47 bits per heavy atom. The summed E-state index contributed by atoms with van der Waals surface area (Å²) in [7, 11) is 1.55. The summed E-state index contributed by atoms with van der Waals surface area (Å²) in [4.78, 5) is 25.9. The lowest BCUT2D eigenvalue weighted by Crippen LogP contribution is -2.17. The van der Waals surface area contributed by atoms with Crippen LogP contribution in [-0.2, 0) is 0 Å². The summed E-state index contributed by atoms with van der Waals surface area (Å²) in [6.07, 6.45) is 0. The van der Waals surface area contributed by atoms with Gasteiger partial charge in [-0.2, -0.15) is 0 Å². The van der Waals surface area contributed by atoms with E-state index in [-0.39, 0.29) is 18.5 Å². The number of fused-ring (bicyclic) bond motifs is 2. The first-order chi connectivity index (χ1) is 15.6. The Morgan fingerprint density at radius 1 is 0.875 bits per heavy atom. The van der Waals surface area contributed by atoms with Gasteiger partial charge in [0.05, 0.1) is 7.11 Å². The minimum atomic E-state index is -0.509. The molecule has 0 saturated carbocycles. The molecule has 8 heteroatoms. The van der Waals surface area contributed by atoms with E-state index in [1.54, 1.807) is 73.8 Å². The Labute approximate surface area is 182 Å². The van der Waals surface area contributed by atoms with Crippen LogP contribution in [0.15, 0.2) is 71.1 Å². The predicted molar refractivity (Wildman–Crippen MR) is 118 cm³/mol. The molecule has 0 fully saturated rings. The van der Waals surface area contributed by atoms with Crippen molar-refractivity contribution in [1.82, 2.24) is 0 Å². The molecule has 0 atom stereocenters. The third-order valence-corrected chi connectivity index (χ3v) is 5.02. The summed E-state index contributed by atoms with van der Waals surface area (Å²) in [5.74, 6) is 0.894. The molecule has 0 bridgehead atoms. The van der Waals surface area contributed by atoms with Crippen molar-refractivity contribution in [2.24, 2.45) is 0 Å². The van der Waals surface area contributed by atoms with Gasteiger partial charge in [0.25, 0.3) is 11.8 Å². The highest BCUT2D eigenvalue weighted by Gasteiger charge is 2.23. The van der Waals surface area contributed by atoms with Crippen LogP contribution in [0.1, 0.15) is 20.9 Å². The first-order valence-electron chi connectivity index (χ1n) is 9.80. The second-order valence-corrected chi connectivity index (χ2v) is 7.01. The number of methoxy groups -OCH3 is 1. The molecular formula is C24H18N2O6. The summed E-state index contributed by atoms with van der Waals surface area (Å²) >= 11 is 0. The number of amides is 2. The molecule has 0 spiro atoms. The third-order valence-electron chi connectivity index (χ3n) is 5.02. The Bertz CT molecular complexity index is 1330. The van der Waals surface area contributed by atoms with Gasteiger partial charge < -0.3 is 29.3 Å².